The average molecular weight is 687 g/mol. The number of nitrogens with one attached hydrogen (secondary N) is 1. The predicted molar refractivity (Wildman–Crippen MR) is 196 cm³/mol. The van der Waals surface area contributed by atoms with Gasteiger partial charge in [-0.2, -0.15) is 0 Å². The second kappa shape index (κ2) is 15.9. The Bertz CT molecular complexity index is 1890. The highest BCUT2D eigenvalue weighted by atomic mass is 16.6. The summed E-state index contributed by atoms with van der Waals surface area (Å²) >= 11 is 0. The molecule has 0 aromatic heterocycles. The Morgan fingerprint density at radius 2 is 1.39 bits per heavy atom. The number of piperazine rings is 1. The monoisotopic (exact) mass is 686 g/mol. The summed E-state index contributed by atoms with van der Waals surface area (Å²) in [6.45, 7) is 7.22. The van der Waals surface area contributed by atoms with Gasteiger partial charge in [-0.1, -0.05) is 84.9 Å². The average Bonchev–Trinajstić information content (AvgIpc) is 3.16. The third-order valence-corrected chi connectivity index (χ3v) is 9.64. The summed E-state index contributed by atoms with van der Waals surface area (Å²) < 4.78 is 10.8. The lowest BCUT2D eigenvalue weighted by molar-refractivity contribution is -0.384. The minimum Gasteiger partial charge on any atom is -0.466 e. The van der Waals surface area contributed by atoms with Crippen molar-refractivity contribution in [2.75, 3.05) is 44.8 Å². The van der Waals surface area contributed by atoms with Crippen molar-refractivity contribution in [3.05, 3.63) is 164 Å². The van der Waals surface area contributed by atoms with Crippen LogP contribution in [0.1, 0.15) is 48.1 Å². The molecular weight excluding hydrogens is 644 g/mol. The van der Waals surface area contributed by atoms with E-state index >= 15 is 0 Å². The normalized spacial score (nSPS) is 16.5. The first-order valence-electron chi connectivity index (χ1n) is 17.1. The number of rotatable bonds is 11. The number of non-ortho nitro benzene ring substituents is 1. The number of esters is 2. The minimum atomic E-state index is -0.901. The van der Waals surface area contributed by atoms with Crippen LogP contribution >= 0.6 is 0 Å². The van der Waals surface area contributed by atoms with E-state index in [4.69, 9.17) is 9.47 Å². The van der Waals surface area contributed by atoms with E-state index in [9.17, 15) is 19.7 Å². The van der Waals surface area contributed by atoms with Crippen LogP contribution in [0, 0.1) is 10.1 Å². The second-order valence-corrected chi connectivity index (χ2v) is 12.8. The third kappa shape index (κ3) is 7.86. The maximum absolute atomic E-state index is 13.6. The van der Waals surface area contributed by atoms with Gasteiger partial charge in [-0.15, -0.1) is 0 Å². The summed E-state index contributed by atoms with van der Waals surface area (Å²) in [5.74, 6) is -2.14. The van der Waals surface area contributed by atoms with Crippen LogP contribution in [-0.2, 0) is 25.5 Å². The van der Waals surface area contributed by atoms with Crippen molar-refractivity contribution in [2.45, 2.75) is 32.2 Å². The van der Waals surface area contributed by atoms with E-state index in [0.29, 0.717) is 23.4 Å². The first-order chi connectivity index (χ1) is 24.7. The standard InChI is InChI=1S/C41H42N4O6/c1-28-36(40(46)50-3)38(33-15-10-16-35(27-33)45(48)49)37(29(2)42-28)41(47)51-26-21-30-17-19-34(20-18-30)43-22-24-44(25-23-43)39(31-11-6-4-7-12-31)32-13-8-5-9-14-32/h4-20,27,38-39,42H,21-26H2,1-3H3. The quantitative estimate of drug-likeness (QED) is 0.105. The highest BCUT2D eigenvalue weighted by Gasteiger charge is 2.38. The number of hydrogen-bond acceptors (Lipinski definition) is 9. The summed E-state index contributed by atoms with van der Waals surface area (Å²) in [4.78, 5) is 42.6. The molecule has 262 valence electrons. The van der Waals surface area contributed by atoms with Gasteiger partial charge in [0.1, 0.15) is 0 Å². The Morgan fingerprint density at radius 1 is 0.804 bits per heavy atom. The van der Waals surface area contributed by atoms with Crippen molar-refractivity contribution < 1.29 is 24.0 Å². The molecule has 2 aliphatic rings. The third-order valence-electron chi connectivity index (χ3n) is 9.64. The van der Waals surface area contributed by atoms with Crippen LogP contribution in [0.3, 0.4) is 0 Å². The topological polar surface area (TPSA) is 114 Å². The van der Waals surface area contributed by atoms with E-state index in [-0.39, 0.29) is 29.5 Å². The van der Waals surface area contributed by atoms with E-state index in [0.717, 1.165) is 37.4 Å². The Labute approximate surface area is 298 Å². The van der Waals surface area contributed by atoms with Crippen molar-refractivity contribution >= 4 is 23.3 Å². The maximum Gasteiger partial charge on any atom is 0.336 e. The predicted octanol–water partition coefficient (Wildman–Crippen LogP) is 6.70. The number of carbonyl (C=O) groups is 2. The molecule has 51 heavy (non-hydrogen) atoms. The maximum atomic E-state index is 13.6. The number of nitro groups is 1. The number of nitrogens with zero attached hydrogens (tertiary/aromatic N) is 3. The molecule has 10 nitrogen and oxygen atoms in total. The summed E-state index contributed by atoms with van der Waals surface area (Å²) in [5, 5.41) is 14.7. The molecule has 1 fully saturated rings. The summed E-state index contributed by atoms with van der Waals surface area (Å²) in [5.41, 5.74) is 6.44. The molecule has 0 aliphatic carbocycles. The lowest BCUT2D eigenvalue weighted by Crippen LogP contribution is -2.48. The molecule has 1 atom stereocenters. The SMILES string of the molecule is COC(=O)C1=C(C)NC(C)=C(C(=O)OCCc2ccc(N3CCN(C(c4ccccc4)c4ccccc4)CC3)cc2)C1c1cccc([N+](=O)[O-])c1. The van der Waals surface area contributed by atoms with Crippen LogP contribution in [0.15, 0.2) is 132 Å². The highest BCUT2D eigenvalue weighted by molar-refractivity contribution is 5.99. The fourth-order valence-electron chi connectivity index (χ4n) is 7.13. The molecule has 4 aromatic carbocycles. The van der Waals surface area contributed by atoms with Crippen LogP contribution in [0.2, 0.25) is 0 Å². The zero-order valence-corrected chi connectivity index (χ0v) is 29.1. The number of carbonyl (C=O) groups excluding carboxylic acids is 2. The Morgan fingerprint density at radius 3 is 1.96 bits per heavy atom. The van der Waals surface area contributed by atoms with E-state index in [1.54, 1.807) is 19.9 Å². The minimum absolute atomic E-state index is 0.117. The zero-order chi connectivity index (χ0) is 35.9. The number of dihydropyridines is 1. The highest BCUT2D eigenvalue weighted by Crippen LogP contribution is 2.40. The van der Waals surface area contributed by atoms with Gasteiger partial charge in [0.15, 0.2) is 0 Å². The van der Waals surface area contributed by atoms with Gasteiger partial charge in [0.25, 0.3) is 5.69 Å². The molecule has 0 spiro atoms. The molecular formula is C41H42N4O6. The van der Waals surface area contributed by atoms with E-state index in [1.165, 1.54) is 36.4 Å². The molecule has 2 heterocycles. The van der Waals surface area contributed by atoms with Crippen molar-refractivity contribution in [3.63, 3.8) is 0 Å². The van der Waals surface area contributed by atoms with Crippen LogP contribution < -0.4 is 10.2 Å². The number of methoxy groups -OCH3 is 1. The van der Waals surface area contributed by atoms with Crippen molar-refractivity contribution in [1.82, 2.24) is 10.2 Å². The van der Waals surface area contributed by atoms with E-state index in [1.807, 2.05) is 0 Å². The number of nitro benzene ring substituents is 1. The van der Waals surface area contributed by atoms with E-state index in [2.05, 4.69) is 100 Å². The van der Waals surface area contributed by atoms with Gasteiger partial charge in [-0.3, -0.25) is 15.0 Å². The van der Waals surface area contributed by atoms with E-state index < -0.39 is 22.8 Å². The van der Waals surface area contributed by atoms with Gasteiger partial charge in [-0.05, 0) is 48.2 Å². The molecule has 0 saturated carbocycles. The second-order valence-electron chi connectivity index (χ2n) is 12.8. The van der Waals surface area contributed by atoms with Crippen LogP contribution in [0.25, 0.3) is 0 Å². The van der Waals surface area contributed by atoms with Crippen LogP contribution in [0.5, 0.6) is 0 Å². The van der Waals surface area contributed by atoms with Crippen LogP contribution in [0.4, 0.5) is 11.4 Å². The summed E-state index contributed by atoms with van der Waals surface area (Å²) in [6.07, 6.45) is 0.496. The lowest BCUT2D eigenvalue weighted by atomic mass is 9.80. The van der Waals surface area contributed by atoms with Gasteiger partial charge in [-0.25, -0.2) is 9.59 Å². The number of allylic oxidation sites excluding steroid dienone is 2. The molecule has 2 aliphatic heterocycles. The number of ether oxygens (including phenoxy) is 2. The number of anilines is 1. The summed E-state index contributed by atoms with van der Waals surface area (Å²) in [6, 6.07) is 35.8. The van der Waals surface area contributed by atoms with Gasteiger partial charge >= 0.3 is 11.9 Å². The molecule has 1 unspecified atom stereocenters. The van der Waals surface area contributed by atoms with Gasteiger partial charge in [0.2, 0.25) is 0 Å². The van der Waals surface area contributed by atoms with Gasteiger partial charge in [0, 0.05) is 61.8 Å². The van der Waals surface area contributed by atoms with Gasteiger partial charge in [0.05, 0.1) is 41.7 Å². The molecule has 6 rings (SSSR count). The number of hydrogen-bond donors (Lipinski definition) is 1. The zero-order valence-electron chi connectivity index (χ0n) is 29.1. The first kappa shape index (κ1) is 35.1. The Balaban J connectivity index is 1.09. The van der Waals surface area contributed by atoms with Gasteiger partial charge < -0.3 is 19.7 Å². The molecule has 0 amide bonds. The number of benzene rings is 4. The van der Waals surface area contributed by atoms with Crippen LogP contribution in [-0.4, -0.2) is 61.7 Å². The molecule has 1 saturated heterocycles. The smallest absolute Gasteiger partial charge is 0.336 e. The molecule has 0 radical (unpaired) electrons. The largest absolute Gasteiger partial charge is 0.466 e. The Kier molecular flexibility index (Phi) is 10.9. The fourth-order valence-corrected chi connectivity index (χ4v) is 7.13. The molecule has 4 aromatic rings. The van der Waals surface area contributed by atoms with Crippen molar-refractivity contribution in [2.24, 2.45) is 0 Å². The molecule has 1 N–H and O–H groups in total. The summed E-state index contributed by atoms with van der Waals surface area (Å²) in [7, 11) is 1.26. The van der Waals surface area contributed by atoms with Crippen molar-refractivity contribution in [1.29, 1.82) is 0 Å². The lowest BCUT2D eigenvalue weighted by Gasteiger charge is -2.40. The molecule has 0 bridgehead atoms. The fraction of sp³-hybridized carbons (Fsp3) is 0.268. The molecule has 10 heteroatoms. The van der Waals surface area contributed by atoms with Crippen molar-refractivity contribution in [3.8, 4) is 0 Å². The first-order valence-corrected chi connectivity index (χ1v) is 17.1. The Hall–Kier alpha value is -5.74.